The number of nitrogens with zero attached hydrogens (tertiary/aromatic N) is 1. The van der Waals surface area contributed by atoms with Crippen molar-refractivity contribution in [3.63, 3.8) is 0 Å². The van der Waals surface area contributed by atoms with Gasteiger partial charge in [0.15, 0.2) is 0 Å². The van der Waals surface area contributed by atoms with Crippen molar-refractivity contribution in [1.29, 1.82) is 0 Å². The summed E-state index contributed by atoms with van der Waals surface area (Å²) >= 11 is 0. The number of hydrogen-bond acceptors (Lipinski definition) is 2. The molecule has 0 heterocycles. The molecule has 0 unspecified atom stereocenters. The van der Waals surface area contributed by atoms with E-state index in [4.69, 9.17) is 5.21 Å². The van der Waals surface area contributed by atoms with Gasteiger partial charge in [-0.1, -0.05) is 65.8 Å². The Morgan fingerprint density at radius 2 is 1.10 bits per heavy atom. The second-order valence-electron chi connectivity index (χ2n) is 5.14. The third-order valence-electron chi connectivity index (χ3n) is 3.98. The standard InChI is InChI=1S/C19H13NO/c21-20-12-13-9-10-18-16-7-2-1-5-14(16)15-6-3-4-8-17(15)19(18)11-13/h1-12,21H/b20-12-. The van der Waals surface area contributed by atoms with Crippen LogP contribution in [0.4, 0.5) is 0 Å². The van der Waals surface area contributed by atoms with E-state index in [2.05, 4.69) is 65.8 Å². The predicted octanol–water partition coefficient (Wildman–Crippen LogP) is 4.95. The Labute approximate surface area is 121 Å². The molecule has 0 fully saturated rings. The van der Waals surface area contributed by atoms with Gasteiger partial charge in [0.05, 0.1) is 6.21 Å². The number of fused-ring (bicyclic) bond motifs is 6. The van der Waals surface area contributed by atoms with Crippen LogP contribution in [0.15, 0.2) is 71.9 Å². The van der Waals surface area contributed by atoms with Gasteiger partial charge in [0.25, 0.3) is 0 Å². The normalized spacial score (nSPS) is 11.8. The van der Waals surface area contributed by atoms with E-state index in [1.807, 2.05) is 6.07 Å². The molecule has 0 aliphatic heterocycles. The van der Waals surface area contributed by atoms with Gasteiger partial charge in [0.2, 0.25) is 0 Å². The predicted molar refractivity (Wildman–Crippen MR) is 88.3 cm³/mol. The van der Waals surface area contributed by atoms with Crippen LogP contribution in [0.3, 0.4) is 0 Å². The molecule has 0 radical (unpaired) electrons. The Morgan fingerprint density at radius 1 is 0.619 bits per heavy atom. The van der Waals surface area contributed by atoms with Gasteiger partial charge in [-0.15, -0.1) is 0 Å². The van der Waals surface area contributed by atoms with Crippen LogP contribution in [-0.4, -0.2) is 11.4 Å². The second-order valence-corrected chi connectivity index (χ2v) is 5.14. The van der Waals surface area contributed by atoms with Gasteiger partial charge in [-0.3, -0.25) is 0 Å². The van der Waals surface area contributed by atoms with Gasteiger partial charge in [-0.25, -0.2) is 0 Å². The molecule has 100 valence electrons. The van der Waals surface area contributed by atoms with Crippen molar-refractivity contribution in [2.45, 2.75) is 0 Å². The second kappa shape index (κ2) is 4.60. The smallest absolute Gasteiger partial charge is 0.0734 e. The van der Waals surface area contributed by atoms with E-state index in [-0.39, 0.29) is 0 Å². The van der Waals surface area contributed by atoms with Crippen molar-refractivity contribution >= 4 is 38.5 Å². The third kappa shape index (κ3) is 1.77. The van der Waals surface area contributed by atoms with Gasteiger partial charge < -0.3 is 5.21 Å². The van der Waals surface area contributed by atoms with E-state index >= 15 is 0 Å². The largest absolute Gasteiger partial charge is 0.411 e. The highest BCUT2D eigenvalue weighted by molar-refractivity contribution is 6.25. The minimum Gasteiger partial charge on any atom is -0.411 e. The quantitative estimate of drug-likeness (QED) is 0.226. The van der Waals surface area contributed by atoms with Crippen molar-refractivity contribution in [3.8, 4) is 0 Å². The van der Waals surface area contributed by atoms with Crippen molar-refractivity contribution in [1.82, 2.24) is 0 Å². The molecule has 4 rings (SSSR count). The Hall–Kier alpha value is -2.87. The first-order valence-corrected chi connectivity index (χ1v) is 6.89. The summed E-state index contributed by atoms with van der Waals surface area (Å²) in [6.07, 6.45) is 1.46. The molecule has 2 heteroatoms. The van der Waals surface area contributed by atoms with Crippen LogP contribution in [0.25, 0.3) is 32.3 Å². The van der Waals surface area contributed by atoms with Crippen molar-refractivity contribution in [2.24, 2.45) is 5.16 Å². The first kappa shape index (κ1) is 11.9. The zero-order valence-electron chi connectivity index (χ0n) is 11.3. The van der Waals surface area contributed by atoms with Crippen LogP contribution in [-0.2, 0) is 0 Å². The molecule has 0 aliphatic rings. The van der Waals surface area contributed by atoms with Gasteiger partial charge in [0.1, 0.15) is 0 Å². The lowest BCUT2D eigenvalue weighted by Gasteiger charge is -2.10. The highest BCUT2D eigenvalue weighted by Gasteiger charge is 2.07. The molecule has 4 aromatic carbocycles. The average molecular weight is 271 g/mol. The first-order chi connectivity index (χ1) is 10.4. The van der Waals surface area contributed by atoms with Gasteiger partial charge in [-0.05, 0) is 43.9 Å². The molecule has 1 N–H and O–H groups in total. The molecule has 0 spiro atoms. The van der Waals surface area contributed by atoms with Gasteiger partial charge in [-0.2, -0.15) is 0 Å². The number of rotatable bonds is 1. The summed E-state index contributed by atoms with van der Waals surface area (Å²) in [5, 5.41) is 19.3. The Balaban J connectivity index is 2.30. The lowest BCUT2D eigenvalue weighted by molar-refractivity contribution is 0.322. The van der Waals surface area contributed by atoms with Gasteiger partial charge >= 0.3 is 0 Å². The lowest BCUT2D eigenvalue weighted by atomic mass is 9.93. The lowest BCUT2D eigenvalue weighted by Crippen LogP contribution is -1.86. The molecule has 4 aromatic rings. The maximum atomic E-state index is 8.75. The number of benzene rings is 4. The average Bonchev–Trinajstić information content (AvgIpc) is 2.55. The van der Waals surface area contributed by atoms with Crippen LogP contribution in [0.5, 0.6) is 0 Å². The maximum absolute atomic E-state index is 8.75. The number of hydrogen-bond donors (Lipinski definition) is 1. The summed E-state index contributed by atoms with van der Waals surface area (Å²) in [5.74, 6) is 0. The topological polar surface area (TPSA) is 32.6 Å². The Kier molecular flexibility index (Phi) is 2.61. The highest BCUT2D eigenvalue weighted by atomic mass is 16.4. The van der Waals surface area contributed by atoms with Crippen LogP contribution < -0.4 is 0 Å². The zero-order valence-corrected chi connectivity index (χ0v) is 11.3. The van der Waals surface area contributed by atoms with Crippen LogP contribution in [0.2, 0.25) is 0 Å². The van der Waals surface area contributed by atoms with Crippen molar-refractivity contribution in [2.75, 3.05) is 0 Å². The minimum absolute atomic E-state index is 0.894. The van der Waals surface area contributed by atoms with E-state index in [9.17, 15) is 0 Å². The first-order valence-electron chi connectivity index (χ1n) is 6.89. The summed E-state index contributed by atoms with van der Waals surface area (Å²) in [6, 6.07) is 23.0. The van der Waals surface area contributed by atoms with Gasteiger partial charge in [0, 0.05) is 0 Å². The summed E-state index contributed by atoms with van der Waals surface area (Å²) in [4.78, 5) is 0. The fraction of sp³-hybridized carbons (Fsp3) is 0. The monoisotopic (exact) mass is 271 g/mol. The summed E-state index contributed by atoms with van der Waals surface area (Å²) in [5.41, 5.74) is 0.894. The molecule has 0 atom stereocenters. The molecule has 0 amide bonds. The molecular weight excluding hydrogens is 258 g/mol. The molecular formula is C19H13NO. The van der Waals surface area contributed by atoms with Crippen LogP contribution in [0.1, 0.15) is 5.56 Å². The highest BCUT2D eigenvalue weighted by Crippen LogP contribution is 2.34. The molecule has 2 nitrogen and oxygen atoms in total. The number of oxime groups is 1. The van der Waals surface area contributed by atoms with E-state index in [1.54, 1.807) is 0 Å². The summed E-state index contributed by atoms with van der Waals surface area (Å²) in [6.45, 7) is 0. The molecule has 0 aromatic heterocycles. The van der Waals surface area contributed by atoms with E-state index in [1.165, 1.54) is 38.5 Å². The molecule has 0 aliphatic carbocycles. The minimum atomic E-state index is 0.894. The molecule has 0 saturated carbocycles. The maximum Gasteiger partial charge on any atom is 0.0734 e. The third-order valence-corrected chi connectivity index (χ3v) is 3.98. The summed E-state index contributed by atoms with van der Waals surface area (Å²) in [7, 11) is 0. The van der Waals surface area contributed by atoms with Crippen LogP contribution >= 0.6 is 0 Å². The summed E-state index contributed by atoms with van der Waals surface area (Å²) < 4.78 is 0. The fourth-order valence-electron chi connectivity index (χ4n) is 3.07. The van der Waals surface area contributed by atoms with E-state index in [0.29, 0.717) is 0 Å². The van der Waals surface area contributed by atoms with Crippen LogP contribution in [0, 0.1) is 0 Å². The molecule has 21 heavy (non-hydrogen) atoms. The SMILES string of the molecule is O/N=C\c1ccc2c3ccccc3c3ccccc3c2c1. The Bertz CT molecular complexity index is 967. The van der Waals surface area contributed by atoms with Crippen molar-refractivity contribution < 1.29 is 5.21 Å². The fourth-order valence-corrected chi connectivity index (χ4v) is 3.07. The molecule has 0 saturated heterocycles. The van der Waals surface area contributed by atoms with Crippen molar-refractivity contribution in [3.05, 3.63) is 72.3 Å². The van der Waals surface area contributed by atoms with E-state index in [0.717, 1.165) is 5.56 Å². The Morgan fingerprint density at radius 3 is 1.62 bits per heavy atom. The zero-order chi connectivity index (χ0) is 14.2. The molecule has 0 bridgehead atoms. The van der Waals surface area contributed by atoms with E-state index < -0.39 is 0 Å².